The highest BCUT2D eigenvalue weighted by molar-refractivity contribution is 7.99. The van der Waals surface area contributed by atoms with Gasteiger partial charge in [0.25, 0.3) is 0 Å². The molecule has 0 aromatic carbocycles. The number of nitrogens with one attached hydrogen (secondary N) is 1. The maximum Gasteiger partial charge on any atom is 0.174 e. The van der Waals surface area contributed by atoms with Crippen LogP contribution >= 0.6 is 11.8 Å². The SMILES string of the molecule is CNC(C)c1ccnc(Sc2nccn2C)c1. The first-order valence-corrected chi connectivity index (χ1v) is 6.30. The van der Waals surface area contributed by atoms with Gasteiger partial charge in [-0.1, -0.05) is 0 Å². The molecule has 0 spiro atoms. The van der Waals surface area contributed by atoms with Gasteiger partial charge < -0.3 is 9.88 Å². The van der Waals surface area contributed by atoms with Gasteiger partial charge in [-0.15, -0.1) is 0 Å². The van der Waals surface area contributed by atoms with E-state index in [1.807, 2.05) is 37.1 Å². The quantitative estimate of drug-likeness (QED) is 0.901. The van der Waals surface area contributed by atoms with E-state index in [-0.39, 0.29) is 0 Å². The molecule has 1 unspecified atom stereocenters. The molecule has 0 aliphatic heterocycles. The van der Waals surface area contributed by atoms with Crippen molar-refractivity contribution in [1.82, 2.24) is 19.9 Å². The Balaban J connectivity index is 2.19. The zero-order valence-corrected chi connectivity index (χ0v) is 11.0. The lowest BCUT2D eigenvalue weighted by Gasteiger charge is -2.11. The minimum atomic E-state index is 0.332. The lowest BCUT2D eigenvalue weighted by Crippen LogP contribution is -2.12. The molecule has 2 aromatic heterocycles. The first-order chi connectivity index (χ1) is 8.20. The van der Waals surface area contributed by atoms with Crippen molar-refractivity contribution in [2.24, 2.45) is 7.05 Å². The summed E-state index contributed by atoms with van der Waals surface area (Å²) in [7, 11) is 3.94. The Kier molecular flexibility index (Phi) is 3.81. The third-order valence-corrected chi connectivity index (χ3v) is 3.67. The summed E-state index contributed by atoms with van der Waals surface area (Å²) < 4.78 is 1.99. The second-order valence-corrected chi connectivity index (χ2v) is 4.85. The number of aryl methyl sites for hydroxylation is 1. The molecule has 1 N–H and O–H groups in total. The number of aromatic nitrogens is 3. The summed E-state index contributed by atoms with van der Waals surface area (Å²) in [4.78, 5) is 8.63. The lowest BCUT2D eigenvalue weighted by atomic mass is 10.1. The molecular formula is C12H16N4S. The minimum absolute atomic E-state index is 0.332. The summed E-state index contributed by atoms with van der Waals surface area (Å²) in [6.07, 6.45) is 5.57. The van der Waals surface area contributed by atoms with E-state index in [0.29, 0.717) is 6.04 Å². The van der Waals surface area contributed by atoms with Crippen LogP contribution in [0.1, 0.15) is 18.5 Å². The van der Waals surface area contributed by atoms with Gasteiger partial charge in [-0.3, -0.25) is 0 Å². The molecule has 4 nitrogen and oxygen atoms in total. The highest BCUT2D eigenvalue weighted by atomic mass is 32.2. The van der Waals surface area contributed by atoms with Crippen LogP contribution in [0.2, 0.25) is 0 Å². The fourth-order valence-corrected chi connectivity index (χ4v) is 2.27. The predicted molar refractivity (Wildman–Crippen MR) is 69.0 cm³/mol. The number of imidazole rings is 1. The number of pyridine rings is 1. The van der Waals surface area contributed by atoms with Gasteiger partial charge in [0.1, 0.15) is 5.03 Å². The van der Waals surface area contributed by atoms with E-state index in [1.165, 1.54) is 5.56 Å². The predicted octanol–water partition coefficient (Wildman–Crippen LogP) is 2.25. The maximum atomic E-state index is 4.35. The average Bonchev–Trinajstić information content (AvgIpc) is 2.74. The van der Waals surface area contributed by atoms with E-state index in [9.17, 15) is 0 Å². The third kappa shape index (κ3) is 2.87. The highest BCUT2D eigenvalue weighted by Crippen LogP contribution is 2.25. The average molecular weight is 248 g/mol. The Morgan fingerprint density at radius 2 is 2.18 bits per heavy atom. The molecule has 0 bridgehead atoms. The Hall–Kier alpha value is -1.33. The van der Waals surface area contributed by atoms with Crippen molar-refractivity contribution in [3.63, 3.8) is 0 Å². The normalized spacial score (nSPS) is 12.6. The number of hydrogen-bond acceptors (Lipinski definition) is 4. The van der Waals surface area contributed by atoms with Crippen LogP contribution in [0.5, 0.6) is 0 Å². The van der Waals surface area contributed by atoms with Gasteiger partial charge in [0.05, 0.1) is 0 Å². The van der Waals surface area contributed by atoms with Gasteiger partial charge in [-0.25, -0.2) is 9.97 Å². The number of rotatable bonds is 4. The van der Waals surface area contributed by atoms with Crippen LogP contribution in [-0.4, -0.2) is 21.6 Å². The number of hydrogen-bond donors (Lipinski definition) is 1. The van der Waals surface area contributed by atoms with Gasteiger partial charge in [0, 0.05) is 31.7 Å². The van der Waals surface area contributed by atoms with Crippen LogP contribution in [0.3, 0.4) is 0 Å². The monoisotopic (exact) mass is 248 g/mol. The summed E-state index contributed by atoms with van der Waals surface area (Å²) >= 11 is 1.58. The van der Waals surface area contributed by atoms with Gasteiger partial charge in [0.2, 0.25) is 0 Å². The van der Waals surface area contributed by atoms with Crippen molar-refractivity contribution in [3.8, 4) is 0 Å². The summed E-state index contributed by atoms with van der Waals surface area (Å²) in [5, 5.41) is 5.14. The van der Waals surface area contributed by atoms with E-state index in [2.05, 4.69) is 28.3 Å². The maximum absolute atomic E-state index is 4.35. The summed E-state index contributed by atoms with van der Waals surface area (Å²) in [6.45, 7) is 2.13. The van der Waals surface area contributed by atoms with Crippen LogP contribution in [0, 0.1) is 0 Å². The summed E-state index contributed by atoms with van der Waals surface area (Å²) in [6, 6.07) is 4.46. The molecule has 0 saturated carbocycles. The smallest absolute Gasteiger partial charge is 0.174 e. The minimum Gasteiger partial charge on any atom is -0.329 e. The van der Waals surface area contributed by atoms with E-state index < -0.39 is 0 Å². The van der Waals surface area contributed by atoms with Crippen LogP contribution in [0.15, 0.2) is 40.9 Å². The topological polar surface area (TPSA) is 42.7 Å². The second kappa shape index (κ2) is 5.33. The van der Waals surface area contributed by atoms with Crippen molar-refractivity contribution in [2.75, 3.05) is 7.05 Å². The zero-order chi connectivity index (χ0) is 12.3. The van der Waals surface area contributed by atoms with Crippen LogP contribution in [0.25, 0.3) is 0 Å². The third-order valence-electron chi connectivity index (χ3n) is 2.66. The molecule has 0 fully saturated rings. The van der Waals surface area contributed by atoms with E-state index >= 15 is 0 Å². The first-order valence-electron chi connectivity index (χ1n) is 5.49. The lowest BCUT2D eigenvalue weighted by molar-refractivity contribution is 0.649. The molecule has 0 aliphatic carbocycles. The van der Waals surface area contributed by atoms with Crippen molar-refractivity contribution in [1.29, 1.82) is 0 Å². The van der Waals surface area contributed by atoms with E-state index in [4.69, 9.17) is 0 Å². The highest BCUT2D eigenvalue weighted by Gasteiger charge is 2.07. The molecule has 1 atom stereocenters. The molecule has 5 heteroatoms. The van der Waals surface area contributed by atoms with Crippen LogP contribution in [0.4, 0.5) is 0 Å². The van der Waals surface area contributed by atoms with Gasteiger partial charge >= 0.3 is 0 Å². The largest absolute Gasteiger partial charge is 0.329 e. The Bertz CT molecular complexity index is 495. The summed E-state index contributed by atoms with van der Waals surface area (Å²) in [5.41, 5.74) is 1.24. The Morgan fingerprint density at radius 3 is 2.82 bits per heavy atom. The molecule has 17 heavy (non-hydrogen) atoms. The molecule has 2 rings (SSSR count). The molecule has 90 valence electrons. The molecule has 0 amide bonds. The number of nitrogens with zero attached hydrogens (tertiary/aromatic N) is 3. The van der Waals surface area contributed by atoms with Crippen molar-refractivity contribution in [2.45, 2.75) is 23.1 Å². The molecular weight excluding hydrogens is 232 g/mol. The van der Waals surface area contributed by atoms with Crippen molar-refractivity contribution >= 4 is 11.8 Å². The van der Waals surface area contributed by atoms with Gasteiger partial charge in [0.15, 0.2) is 5.16 Å². The molecule has 0 aliphatic rings. The van der Waals surface area contributed by atoms with Crippen LogP contribution < -0.4 is 5.32 Å². The second-order valence-electron chi connectivity index (χ2n) is 3.86. The fraction of sp³-hybridized carbons (Fsp3) is 0.333. The van der Waals surface area contributed by atoms with E-state index in [1.54, 1.807) is 18.0 Å². The first kappa shape index (κ1) is 12.1. The fourth-order valence-electron chi connectivity index (χ4n) is 1.46. The molecule has 0 radical (unpaired) electrons. The molecule has 2 aromatic rings. The molecule has 2 heterocycles. The van der Waals surface area contributed by atoms with Crippen LogP contribution in [-0.2, 0) is 7.05 Å². The van der Waals surface area contributed by atoms with Gasteiger partial charge in [-0.05, 0) is 43.4 Å². The Morgan fingerprint density at radius 1 is 1.35 bits per heavy atom. The summed E-state index contributed by atoms with van der Waals surface area (Å²) in [5.74, 6) is 0. The standard InChI is InChI=1S/C12H16N4S/c1-9(13-2)10-4-5-14-11(8-10)17-12-15-6-7-16(12)3/h4-9,13H,1-3H3. The van der Waals surface area contributed by atoms with Gasteiger partial charge in [-0.2, -0.15) is 0 Å². The van der Waals surface area contributed by atoms with E-state index in [0.717, 1.165) is 10.2 Å². The zero-order valence-electron chi connectivity index (χ0n) is 10.2. The Labute approximate surface area is 105 Å². The van der Waals surface area contributed by atoms with Crippen molar-refractivity contribution in [3.05, 3.63) is 36.3 Å². The van der Waals surface area contributed by atoms with Crippen molar-refractivity contribution < 1.29 is 0 Å². The molecule has 0 saturated heterocycles.